The van der Waals surface area contributed by atoms with Gasteiger partial charge >= 0.3 is 6.18 Å². The third kappa shape index (κ3) is 5.61. The van der Waals surface area contributed by atoms with Crippen LogP contribution < -0.4 is 5.32 Å². The van der Waals surface area contributed by atoms with Crippen LogP contribution in [0.15, 0.2) is 18.2 Å². The molecule has 1 aromatic carbocycles. The van der Waals surface area contributed by atoms with E-state index in [2.05, 4.69) is 5.32 Å². The first-order chi connectivity index (χ1) is 11.7. The normalized spacial score (nSPS) is 16.0. The van der Waals surface area contributed by atoms with E-state index in [0.717, 1.165) is 12.1 Å². The van der Waals surface area contributed by atoms with Crippen molar-refractivity contribution in [2.75, 3.05) is 38.0 Å². The predicted molar refractivity (Wildman–Crippen MR) is 88.4 cm³/mol. The Bertz CT molecular complexity index is 644. The van der Waals surface area contributed by atoms with Gasteiger partial charge in [-0.2, -0.15) is 13.2 Å². The van der Waals surface area contributed by atoms with Gasteiger partial charge in [0, 0.05) is 51.1 Å². The van der Waals surface area contributed by atoms with Crippen LogP contribution in [-0.4, -0.2) is 54.3 Å². The third-order valence-electron chi connectivity index (χ3n) is 4.03. The number of nitrogens with zero attached hydrogens (tertiary/aromatic N) is 2. The van der Waals surface area contributed by atoms with Gasteiger partial charge in [0.05, 0.1) is 11.3 Å². The highest BCUT2D eigenvalue weighted by Crippen LogP contribution is 2.36. The minimum Gasteiger partial charge on any atom is -0.340 e. The van der Waals surface area contributed by atoms with Gasteiger partial charge in [0.15, 0.2) is 0 Å². The second kappa shape index (κ2) is 8.05. The van der Waals surface area contributed by atoms with E-state index < -0.39 is 17.6 Å². The summed E-state index contributed by atoms with van der Waals surface area (Å²) in [4.78, 5) is 27.0. The van der Waals surface area contributed by atoms with Crippen LogP contribution in [0.25, 0.3) is 0 Å². The van der Waals surface area contributed by atoms with E-state index in [1.807, 2.05) is 4.90 Å². The van der Waals surface area contributed by atoms with Crippen LogP contribution in [0.4, 0.5) is 18.9 Å². The monoisotopic (exact) mass is 377 g/mol. The number of anilines is 1. The molecule has 1 aliphatic heterocycles. The second-order valence-electron chi connectivity index (χ2n) is 5.83. The Labute approximate surface area is 148 Å². The molecule has 0 aliphatic carbocycles. The highest BCUT2D eigenvalue weighted by molar-refractivity contribution is 6.30. The Hall–Kier alpha value is -1.80. The maximum Gasteiger partial charge on any atom is 0.418 e. The maximum atomic E-state index is 13.0. The molecule has 0 atom stereocenters. The topological polar surface area (TPSA) is 52.7 Å². The predicted octanol–water partition coefficient (Wildman–Crippen LogP) is 2.85. The number of hydrogen-bond donors (Lipinski definition) is 1. The Morgan fingerprint density at radius 1 is 1.20 bits per heavy atom. The molecule has 25 heavy (non-hydrogen) atoms. The molecule has 0 bridgehead atoms. The van der Waals surface area contributed by atoms with Gasteiger partial charge in [-0.25, -0.2) is 0 Å². The first-order valence-electron chi connectivity index (χ1n) is 7.81. The zero-order valence-corrected chi connectivity index (χ0v) is 14.5. The van der Waals surface area contributed by atoms with Crippen molar-refractivity contribution in [1.82, 2.24) is 9.80 Å². The van der Waals surface area contributed by atoms with Crippen LogP contribution >= 0.6 is 11.6 Å². The van der Waals surface area contributed by atoms with Crippen molar-refractivity contribution in [1.29, 1.82) is 0 Å². The maximum absolute atomic E-state index is 13.0. The van der Waals surface area contributed by atoms with E-state index in [0.29, 0.717) is 32.7 Å². The van der Waals surface area contributed by atoms with E-state index in [9.17, 15) is 22.8 Å². The molecule has 1 heterocycles. The van der Waals surface area contributed by atoms with Gasteiger partial charge in [0.2, 0.25) is 11.8 Å². The average molecular weight is 378 g/mol. The molecular formula is C16H19ClF3N3O2. The number of hydrogen-bond acceptors (Lipinski definition) is 3. The van der Waals surface area contributed by atoms with Gasteiger partial charge in [-0.1, -0.05) is 11.6 Å². The van der Waals surface area contributed by atoms with Gasteiger partial charge in [-0.05, 0) is 18.2 Å². The standard InChI is InChI=1S/C16H19ClF3N3O2/c1-11(24)23-8-6-22(7-9-23)5-4-15(25)21-14-3-2-12(17)10-13(14)16(18,19)20/h2-3,10H,4-9H2,1H3,(H,21,25). The first-order valence-corrected chi connectivity index (χ1v) is 8.19. The molecule has 1 aromatic rings. The summed E-state index contributed by atoms with van der Waals surface area (Å²) < 4.78 is 39.0. The number of piperazine rings is 1. The van der Waals surface area contributed by atoms with Crippen LogP contribution in [0.2, 0.25) is 5.02 Å². The second-order valence-corrected chi connectivity index (χ2v) is 6.27. The number of carbonyl (C=O) groups is 2. The third-order valence-corrected chi connectivity index (χ3v) is 4.27. The molecule has 2 rings (SSSR count). The number of halogens is 4. The molecule has 0 unspecified atom stereocenters. The molecule has 0 spiro atoms. The van der Waals surface area contributed by atoms with Crippen LogP contribution in [0, 0.1) is 0 Å². The van der Waals surface area contributed by atoms with Crippen molar-refractivity contribution in [2.24, 2.45) is 0 Å². The van der Waals surface area contributed by atoms with Crippen molar-refractivity contribution in [3.8, 4) is 0 Å². The zero-order valence-electron chi connectivity index (χ0n) is 13.7. The van der Waals surface area contributed by atoms with Crippen LogP contribution in [0.5, 0.6) is 0 Å². The Morgan fingerprint density at radius 2 is 1.84 bits per heavy atom. The molecule has 1 fully saturated rings. The Morgan fingerprint density at radius 3 is 2.40 bits per heavy atom. The van der Waals surface area contributed by atoms with Crippen LogP contribution in [0.1, 0.15) is 18.9 Å². The zero-order chi connectivity index (χ0) is 18.6. The van der Waals surface area contributed by atoms with Gasteiger partial charge in [0.25, 0.3) is 0 Å². The van der Waals surface area contributed by atoms with E-state index in [1.165, 1.54) is 13.0 Å². The van der Waals surface area contributed by atoms with E-state index in [-0.39, 0.29) is 23.0 Å². The number of benzene rings is 1. The summed E-state index contributed by atoms with van der Waals surface area (Å²) in [5, 5.41) is 2.25. The van der Waals surface area contributed by atoms with Gasteiger partial charge < -0.3 is 10.2 Å². The smallest absolute Gasteiger partial charge is 0.340 e. The van der Waals surface area contributed by atoms with Crippen molar-refractivity contribution in [3.63, 3.8) is 0 Å². The lowest BCUT2D eigenvalue weighted by atomic mass is 10.1. The number of amides is 2. The van der Waals surface area contributed by atoms with Crippen molar-refractivity contribution < 1.29 is 22.8 Å². The Balaban J connectivity index is 1.88. The molecular weight excluding hydrogens is 359 g/mol. The highest BCUT2D eigenvalue weighted by Gasteiger charge is 2.34. The number of carbonyl (C=O) groups excluding carboxylic acids is 2. The molecule has 138 valence electrons. The van der Waals surface area contributed by atoms with E-state index in [4.69, 9.17) is 11.6 Å². The lowest BCUT2D eigenvalue weighted by Gasteiger charge is -2.34. The number of rotatable bonds is 4. The fourth-order valence-corrected chi connectivity index (χ4v) is 2.79. The summed E-state index contributed by atoms with van der Waals surface area (Å²) in [6.07, 6.45) is -4.53. The average Bonchev–Trinajstić information content (AvgIpc) is 2.54. The largest absolute Gasteiger partial charge is 0.418 e. The van der Waals surface area contributed by atoms with Crippen molar-refractivity contribution >= 4 is 29.1 Å². The van der Waals surface area contributed by atoms with Crippen LogP contribution in [-0.2, 0) is 15.8 Å². The molecule has 2 amide bonds. The lowest BCUT2D eigenvalue weighted by Crippen LogP contribution is -2.48. The first kappa shape index (κ1) is 19.5. The Kier molecular flexibility index (Phi) is 6.29. The van der Waals surface area contributed by atoms with E-state index >= 15 is 0 Å². The fourth-order valence-electron chi connectivity index (χ4n) is 2.62. The molecule has 0 radical (unpaired) electrons. The molecule has 1 saturated heterocycles. The molecule has 9 heteroatoms. The summed E-state index contributed by atoms with van der Waals surface area (Å²) >= 11 is 5.61. The van der Waals surface area contributed by atoms with E-state index in [1.54, 1.807) is 4.90 Å². The lowest BCUT2D eigenvalue weighted by molar-refractivity contribution is -0.137. The molecule has 0 saturated carbocycles. The fraction of sp³-hybridized carbons (Fsp3) is 0.500. The highest BCUT2D eigenvalue weighted by atomic mass is 35.5. The minimum absolute atomic E-state index is 0.0137. The summed E-state index contributed by atoms with van der Waals surface area (Å²) in [6.45, 7) is 4.39. The molecule has 1 N–H and O–H groups in total. The van der Waals surface area contributed by atoms with Gasteiger partial charge in [-0.3, -0.25) is 14.5 Å². The minimum atomic E-state index is -4.60. The summed E-state index contributed by atoms with van der Waals surface area (Å²) in [7, 11) is 0. The number of nitrogens with one attached hydrogen (secondary N) is 1. The summed E-state index contributed by atoms with van der Waals surface area (Å²) in [5.41, 5.74) is -1.27. The van der Waals surface area contributed by atoms with Crippen molar-refractivity contribution in [3.05, 3.63) is 28.8 Å². The summed E-state index contributed by atoms with van der Waals surface area (Å²) in [5.74, 6) is -0.485. The summed E-state index contributed by atoms with van der Waals surface area (Å²) in [6, 6.07) is 3.24. The van der Waals surface area contributed by atoms with Gasteiger partial charge in [-0.15, -0.1) is 0 Å². The number of alkyl halides is 3. The molecule has 5 nitrogen and oxygen atoms in total. The van der Waals surface area contributed by atoms with Crippen LogP contribution in [0.3, 0.4) is 0 Å². The molecule has 1 aliphatic rings. The quantitative estimate of drug-likeness (QED) is 0.877. The van der Waals surface area contributed by atoms with Crippen molar-refractivity contribution in [2.45, 2.75) is 19.5 Å². The SMILES string of the molecule is CC(=O)N1CCN(CCC(=O)Nc2ccc(Cl)cc2C(F)(F)F)CC1. The van der Waals surface area contributed by atoms with Gasteiger partial charge in [0.1, 0.15) is 0 Å². The molecule has 0 aromatic heterocycles.